The summed E-state index contributed by atoms with van der Waals surface area (Å²) in [4.78, 5) is 25.7. The number of alkyl carbamates (subject to hydrolysis) is 1. The van der Waals surface area contributed by atoms with Gasteiger partial charge in [0.1, 0.15) is 11.6 Å². The summed E-state index contributed by atoms with van der Waals surface area (Å²) >= 11 is 0. The van der Waals surface area contributed by atoms with Crippen molar-refractivity contribution in [3.63, 3.8) is 0 Å². The average molecular weight is 376 g/mol. The summed E-state index contributed by atoms with van der Waals surface area (Å²) in [5.41, 5.74) is -0.646. The fourth-order valence-electron chi connectivity index (χ4n) is 2.53. The fraction of sp³-hybridized carbons (Fsp3) is 0.889. The van der Waals surface area contributed by atoms with E-state index in [0.29, 0.717) is 32.5 Å². The molecule has 0 aliphatic rings. The van der Waals surface area contributed by atoms with Crippen LogP contribution < -0.4 is 5.32 Å². The molecule has 0 saturated heterocycles. The number of amides is 1. The van der Waals surface area contributed by atoms with Gasteiger partial charge in [-0.1, -0.05) is 0 Å². The van der Waals surface area contributed by atoms with Crippen molar-refractivity contribution < 1.29 is 29.3 Å². The quantitative estimate of drug-likeness (QED) is 0.368. The molecule has 0 bridgehead atoms. The number of nitrogens with one attached hydrogen (secondary N) is 1. The van der Waals surface area contributed by atoms with Crippen LogP contribution >= 0.6 is 0 Å². The van der Waals surface area contributed by atoms with Gasteiger partial charge in [-0.3, -0.25) is 4.90 Å². The summed E-state index contributed by atoms with van der Waals surface area (Å²) in [5.74, 6) is -0.513. The number of carbonyl (C=O) groups excluding carboxylic acids is 2. The van der Waals surface area contributed by atoms with Gasteiger partial charge >= 0.3 is 12.1 Å². The van der Waals surface area contributed by atoms with Gasteiger partial charge in [-0.15, -0.1) is 0 Å². The first kappa shape index (κ1) is 24.6. The molecule has 0 unspecified atom stereocenters. The molecule has 8 heteroatoms. The number of ether oxygens (including phenoxy) is 2. The number of rotatable bonds is 11. The molecule has 0 heterocycles. The summed E-state index contributed by atoms with van der Waals surface area (Å²) < 4.78 is 9.91. The molecular weight excluding hydrogens is 340 g/mol. The lowest BCUT2D eigenvalue weighted by atomic mass is 10.1. The van der Waals surface area contributed by atoms with Crippen molar-refractivity contribution in [1.29, 1.82) is 0 Å². The largest absolute Gasteiger partial charge is 0.467 e. The Morgan fingerprint density at radius 1 is 1.08 bits per heavy atom. The minimum atomic E-state index is -0.767. The zero-order valence-corrected chi connectivity index (χ0v) is 16.9. The Balaban J connectivity index is 4.47. The number of nitrogens with zero attached hydrogens (tertiary/aromatic N) is 1. The van der Waals surface area contributed by atoms with Gasteiger partial charge in [-0.25, -0.2) is 9.59 Å². The lowest BCUT2D eigenvalue weighted by molar-refractivity contribution is -0.143. The summed E-state index contributed by atoms with van der Waals surface area (Å²) in [6, 6.07) is -0.767. The molecule has 0 aromatic rings. The minimum absolute atomic E-state index is 0.420. The smallest absolute Gasteiger partial charge is 0.408 e. The van der Waals surface area contributed by atoms with E-state index in [9.17, 15) is 19.8 Å². The molecule has 154 valence electrons. The number of carbonyl (C=O) groups is 2. The van der Waals surface area contributed by atoms with Gasteiger partial charge in [0.2, 0.25) is 0 Å². The molecular formula is C18H36N2O6. The number of hydrogen-bond donors (Lipinski definition) is 3. The van der Waals surface area contributed by atoms with Crippen LogP contribution in [0.3, 0.4) is 0 Å². The molecule has 3 N–H and O–H groups in total. The van der Waals surface area contributed by atoms with Crippen LogP contribution in [0.5, 0.6) is 0 Å². The Morgan fingerprint density at radius 2 is 1.62 bits per heavy atom. The van der Waals surface area contributed by atoms with Crippen LogP contribution in [0.2, 0.25) is 0 Å². The molecule has 3 atom stereocenters. The zero-order chi connectivity index (χ0) is 20.3. The maximum atomic E-state index is 11.9. The zero-order valence-electron chi connectivity index (χ0n) is 16.9. The maximum Gasteiger partial charge on any atom is 0.408 e. The number of aliphatic hydroxyl groups is 2. The molecule has 26 heavy (non-hydrogen) atoms. The van der Waals surface area contributed by atoms with Crippen molar-refractivity contribution in [3.05, 3.63) is 0 Å². The fourth-order valence-corrected chi connectivity index (χ4v) is 2.53. The Kier molecular flexibility index (Phi) is 11.4. The van der Waals surface area contributed by atoms with E-state index in [-0.39, 0.29) is 0 Å². The lowest BCUT2D eigenvalue weighted by Crippen LogP contribution is -2.44. The normalized spacial score (nSPS) is 15.3. The van der Waals surface area contributed by atoms with Gasteiger partial charge in [0.25, 0.3) is 0 Å². The Hall–Kier alpha value is -1.38. The number of unbranched alkanes of at least 4 members (excludes halogenated alkanes) is 1. The number of methoxy groups -OCH3 is 1. The molecule has 8 nitrogen and oxygen atoms in total. The predicted molar refractivity (Wildman–Crippen MR) is 98.8 cm³/mol. The van der Waals surface area contributed by atoms with Gasteiger partial charge in [0.15, 0.2) is 0 Å². The van der Waals surface area contributed by atoms with Crippen LogP contribution in [0.15, 0.2) is 0 Å². The SMILES string of the molecule is COC(=O)[C@H](CCCCN(C[C@H](C)O)C[C@H](C)O)NC(=O)OC(C)(C)C. The van der Waals surface area contributed by atoms with Crippen molar-refractivity contribution >= 4 is 12.1 Å². The maximum absolute atomic E-state index is 11.9. The molecule has 0 saturated carbocycles. The van der Waals surface area contributed by atoms with E-state index in [1.165, 1.54) is 7.11 Å². The Bertz CT molecular complexity index is 410. The summed E-state index contributed by atoms with van der Waals surface area (Å²) in [5, 5.41) is 21.6. The highest BCUT2D eigenvalue weighted by atomic mass is 16.6. The second-order valence-corrected chi connectivity index (χ2v) is 7.68. The van der Waals surface area contributed by atoms with Crippen molar-refractivity contribution in [2.45, 2.75) is 77.7 Å². The molecule has 0 aromatic carbocycles. The third kappa shape index (κ3) is 12.9. The molecule has 0 aromatic heterocycles. The molecule has 0 fully saturated rings. The van der Waals surface area contributed by atoms with Crippen molar-refractivity contribution in [2.24, 2.45) is 0 Å². The van der Waals surface area contributed by atoms with E-state index < -0.39 is 35.9 Å². The highest BCUT2D eigenvalue weighted by Crippen LogP contribution is 2.09. The molecule has 0 aliphatic heterocycles. The molecule has 0 spiro atoms. The first-order valence-electron chi connectivity index (χ1n) is 9.10. The Morgan fingerprint density at radius 3 is 2.04 bits per heavy atom. The van der Waals surface area contributed by atoms with Gasteiger partial charge < -0.3 is 25.0 Å². The third-order valence-corrected chi connectivity index (χ3v) is 3.44. The summed E-state index contributed by atoms with van der Waals surface area (Å²) in [6.07, 6.45) is 0.228. The van der Waals surface area contributed by atoms with E-state index in [0.717, 1.165) is 6.42 Å². The highest BCUT2D eigenvalue weighted by Gasteiger charge is 2.24. The van der Waals surface area contributed by atoms with Crippen molar-refractivity contribution in [2.75, 3.05) is 26.7 Å². The number of aliphatic hydroxyl groups excluding tert-OH is 2. The molecule has 0 rings (SSSR count). The first-order valence-corrected chi connectivity index (χ1v) is 9.10. The van der Waals surface area contributed by atoms with E-state index in [2.05, 4.69) is 5.32 Å². The standard InChI is InChI=1S/C18H36N2O6/c1-13(21)11-20(12-14(2)22)10-8-7-9-15(16(23)25-6)19-17(24)26-18(3,4)5/h13-15,21-22H,7-12H2,1-6H3,(H,19,24)/t13-,14-,15-/m0/s1. The van der Waals surface area contributed by atoms with E-state index in [4.69, 9.17) is 9.47 Å². The summed E-state index contributed by atoms with van der Waals surface area (Å²) in [7, 11) is 1.28. The van der Waals surface area contributed by atoms with Gasteiger partial charge in [0.05, 0.1) is 19.3 Å². The molecule has 0 radical (unpaired) electrons. The topological polar surface area (TPSA) is 108 Å². The van der Waals surface area contributed by atoms with Gasteiger partial charge in [0, 0.05) is 13.1 Å². The van der Waals surface area contributed by atoms with Gasteiger partial charge in [-0.2, -0.15) is 0 Å². The van der Waals surface area contributed by atoms with E-state index in [1.54, 1.807) is 34.6 Å². The van der Waals surface area contributed by atoms with Crippen LogP contribution in [0, 0.1) is 0 Å². The highest BCUT2D eigenvalue weighted by molar-refractivity contribution is 5.81. The van der Waals surface area contributed by atoms with Crippen LogP contribution in [0.25, 0.3) is 0 Å². The number of esters is 1. The Labute approximate surface area is 156 Å². The first-order chi connectivity index (χ1) is 11.9. The number of hydrogen-bond acceptors (Lipinski definition) is 7. The lowest BCUT2D eigenvalue weighted by Gasteiger charge is -2.25. The van der Waals surface area contributed by atoms with Gasteiger partial charge in [-0.05, 0) is 60.4 Å². The average Bonchev–Trinajstić information content (AvgIpc) is 2.46. The molecule has 1 amide bonds. The summed E-state index contributed by atoms with van der Waals surface area (Å²) in [6.45, 7) is 10.3. The van der Waals surface area contributed by atoms with Crippen LogP contribution in [0.1, 0.15) is 53.9 Å². The second-order valence-electron chi connectivity index (χ2n) is 7.68. The second kappa shape index (κ2) is 12.1. The predicted octanol–water partition coefficient (Wildman–Crippen LogP) is 1.29. The monoisotopic (exact) mass is 376 g/mol. The third-order valence-electron chi connectivity index (χ3n) is 3.44. The van der Waals surface area contributed by atoms with E-state index in [1.807, 2.05) is 4.90 Å². The van der Waals surface area contributed by atoms with E-state index >= 15 is 0 Å². The minimum Gasteiger partial charge on any atom is -0.467 e. The van der Waals surface area contributed by atoms with Crippen molar-refractivity contribution in [3.8, 4) is 0 Å². The van der Waals surface area contributed by atoms with Crippen LogP contribution in [-0.2, 0) is 14.3 Å². The van der Waals surface area contributed by atoms with Crippen molar-refractivity contribution in [1.82, 2.24) is 10.2 Å². The van der Waals surface area contributed by atoms with Crippen LogP contribution in [-0.4, -0.2) is 77.8 Å². The van der Waals surface area contributed by atoms with Crippen LogP contribution in [0.4, 0.5) is 4.79 Å². The molecule has 0 aliphatic carbocycles.